The van der Waals surface area contributed by atoms with Crippen LogP contribution in [0.5, 0.6) is 0 Å². The van der Waals surface area contributed by atoms with Crippen molar-refractivity contribution < 1.29 is 14.3 Å². The van der Waals surface area contributed by atoms with Gasteiger partial charge in [-0.1, -0.05) is 28.1 Å². The summed E-state index contributed by atoms with van der Waals surface area (Å²) in [5, 5.41) is 11.8. The first-order valence-corrected chi connectivity index (χ1v) is 7.27. The van der Waals surface area contributed by atoms with Crippen LogP contribution in [-0.2, 0) is 6.54 Å². The normalized spacial score (nSPS) is 10.3. The Bertz CT molecular complexity index is 644. The van der Waals surface area contributed by atoms with Gasteiger partial charge in [-0.3, -0.25) is 0 Å². The van der Waals surface area contributed by atoms with E-state index in [0.717, 1.165) is 10.0 Å². The third kappa shape index (κ3) is 3.37. The third-order valence-electron chi connectivity index (χ3n) is 2.71. The van der Waals surface area contributed by atoms with Gasteiger partial charge in [0.05, 0.1) is 15.7 Å². The Labute approximate surface area is 132 Å². The molecule has 0 atom stereocenters. The molecule has 0 unspecified atom stereocenters. The van der Waals surface area contributed by atoms with Crippen LogP contribution in [0.25, 0.3) is 0 Å². The van der Waals surface area contributed by atoms with E-state index >= 15 is 0 Å². The molecule has 2 aromatic carbocycles. The summed E-state index contributed by atoms with van der Waals surface area (Å²) < 4.78 is 14.9. The van der Waals surface area contributed by atoms with Crippen molar-refractivity contribution in [2.75, 3.05) is 5.32 Å². The lowest BCUT2D eigenvalue weighted by atomic mass is 10.2. The van der Waals surface area contributed by atoms with Crippen molar-refractivity contribution in [1.29, 1.82) is 0 Å². The molecule has 0 bridgehead atoms. The molecule has 0 heterocycles. The number of hydrogen-bond acceptors (Lipinski definition) is 2. The number of nitrogens with one attached hydrogen (secondary N) is 1. The summed E-state index contributed by atoms with van der Waals surface area (Å²) in [6, 6.07) is 10.4. The molecule has 0 saturated heterocycles. The lowest BCUT2D eigenvalue weighted by Gasteiger charge is -2.10. The second-order valence-corrected chi connectivity index (χ2v) is 5.78. The first-order chi connectivity index (χ1) is 9.49. The smallest absolute Gasteiger partial charge is 0.336 e. The fourth-order valence-electron chi connectivity index (χ4n) is 1.65. The van der Waals surface area contributed by atoms with Gasteiger partial charge >= 0.3 is 5.97 Å². The first kappa shape index (κ1) is 15.0. The van der Waals surface area contributed by atoms with Crippen molar-refractivity contribution in [2.45, 2.75) is 6.54 Å². The van der Waals surface area contributed by atoms with Gasteiger partial charge in [-0.15, -0.1) is 0 Å². The molecule has 0 fully saturated rings. The largest absolute Gasteiger partial charge is 0.478 e. The molecule has 0 spiro atoms. The Morgan fingerprint density at radius 2 is 1.80 bits per heavy atom. The summed E-state index contributed by atoms with van der Waals surface area (Å²) in [4.78, 5) is 10.9. The topological polar surface area (TPSA) is 49.3 Å². The molecule has 0 amide bonds. The maximum atomic E-state index is 14.0. The van der Waals surface area contributed by atoms with E-state index in [1.807, 2.05) is 24.3 Å². The average Bonchev–Trinajstić information content (AvgIpc) is 2.42. The molecule has 3 nitrogen and oxygen atoms in total. The summed E-state index contributed by atoms with van der Waals surface area (Å²) >= 11 is 6.31. The number of halogens is 3. The Balaban J connectivity index is 2.16. The van der Waals surface area contributed by atoms with E-state index in [1.54, 1.807) is 0 Å². The number of carboxylic acid groups (broad SMARTS) is 1. The highest BCUT2D eigenvalue weighted by molar-refractivity contribution is 9.10. The van der Waals surface area contributed by atoms with E-state index in [9.17, 15) is 9.18 Å². The van der Waals surface area contributed by atoms with Gasteiger partial charge in [-0.2, -0.15) is 0 Å². The van der Waals surface area contributed by atoms with Crippen molar-refractivity contribution in [2.24, 2.45) is 0 Å². The predicted octanol–water partition coefficient (Wildman–Crippen LogP) is 4.66. The molecule has 2 N–H and O–H groups in total. The van der Waals surface area contributed by atoms with Crippen LogP contribution in [0.15, 0.2) is 45.3 Å². The summed E-state index contributed by atoms with van der Waals surface area (Å²) in [7, 11) is 0. The molecule has 0 aliphatic heterocycles. The van der Waals surface area contributed by atoms with Crippen molar-refractivity contribution >= 4 is 43.5 Å². The van der Waals surface area contributed by atoms with Crippen LogP contribution in [-0.4, -0.2) is 11.1 Å². The molecule has 2 aromatic rings. The number of carboxylic acids is 1. The zero-order chi connectivity index (χ0) is 14.7. The van der Waals surface area contributed by atoms with Gasteiger partial charge in [-0.05, 0) is 45.8 Å². The van der Waals surface area contributed by atoms with Gasteiger partial charge < -0.3 is 10.4 Å². The molecular formula is C14H10Br2FNO2. The van der Waals surface area contributed by atoms with Crippen LogP contribution in [0.1, 0.15) is 15.9 Å². The van der Waals surface area contributed by atoms with E-state index in [1.165, 1.54) is 12.1 Å². The van der Waals surface area contributed by atoms with Crippen LogP contribution in [0.3, 0.4) is 0 Å². The summed E-state index contributed by atoms with van der Waals surface area (Å²) in [5.41, 5.74) is 1.15. The lowest BCUT2D eigenvalue weighted by molar-refractivity contribution is 0.0695. The fraction of sp³-hybridized carbons (Fsp3) is 0.0714. The van der Waals surface area contributed by atoms with Gasteiger partial charge in [0.25, 0.3) is 0 Å². The van der Waals surface area contributed by atoms with Crippen LogP contribution in [0, 0.1) is 5.82 Å². The number of rotatable bonds is 4. The molecule has 6 heteroatoms. The van der Waals surface area contributed by atoms with Gasteiger partial charge in [-0.25, -0.2) is 9.18 Å². The summed E-state index contributed by atoms with van der Waals surface area (Å²) in [5.74, 6) is -1.78. The SMILES string of the molecule is O=C(O)c1ccc(NCc2ccc(Br)cc2)c(F)c1Br. The Kier molecular flexibility index (Phi) is 4.77. The van der Waals surface area contributed by atoms with E-state index in [4.69, 9.17) is 5.11 Å². The fourth-order valence-corrected chi connectivity index (χ4v) is 2.43. The molecule has 2 rings (SSSR count). The molecule has 104 valence electrons. The second kappa shape index (κ2) is 6.37. The minimum atomic E-state index is -1.17. The molecule has 0 saturated carbocycles. The number of aromatic carboxylic acids is 1. The van der Waals surface area contributed by atoms with E-state index < -0.39 is 11.8 Å². The quantitative estimate of drug-likeness (QED) is 0.781. The molecule has 0 aliphatic rings. The van der Waals surface area contributed by atoms with Crippen molar-refractivity contribution in [3.63, 3.8) is 0 Å². The maximum absolute atomic E-state index is 14.0. The van der Waals surface area contributed by atoms with Crippen LogP contribution >= 0.6 is 31.9 Å². The van der Waals surface area contributed by atoms with Crippen LogP contribution in [0.2, 0.25) is 0 Å². The van der Waals surface area contributed by atoms with E-state index in [-0.39, 0.29) is 15.7 Å². The molecule has 0 aromatic heterocycles. The van der Waals surface area contributed by atoms with Gasteiger partial charge in [0.2, 0.25) is 0 Å². The minimum absolute atomic E-state index is 0.0502. The Morgan fingerprint density at radius 3 is 2.40 bits per heavy atom. The standard InChI is InChI=1S/C14H10Br2FNO2/c15-9-3-1-8(2-4-9)7-18-11-6-5-10(14(19)20)12(16)13(11)17/h1-6,18H,7H2,(H,19,20). The first-order valence-electron chi connectivity index (χ1n) is 5.68. The third-order valence-corrected chi connectivity index (χ3v) is 4.01. The molecule has 0 radical (unpaired) electrons. The number of benzene rings is 2. The average molecular weight is 403 g/mol. The maximum Gasteiger partial charge on any atom is 0.336 e. The predicted molar refractivity (Wildman–Crippen MR) is 82.5 cm³/mol. The lowest BCUT2D eigenvalue weighted by Crippen LogP contribution is -2.05. The highest BCUT2D eigenvalue weighted by atomic mass is 79.9. The summed E-state index contributed by atoms with van der Waals surface area (Å²) in [6.07, 6.45) is 0. The van der Waals surface area contributed by atoms with E-state index in [0.29, 0.717) is 6.54 Å². The Hall–Kier alpha value is -1.40. The van der Waals surface area contributed by atoms with Crippen molar-refractivity contribution in [1.82, 2.24) is 0 Å². The highest BCUT2D eigenvalue weighted by Gasteiger charge is 2.15. The number of anilines is 1. The van der Waals surface area contributed by atoms with Gasteiger partial charge in [0, 0.05) is 11.0 Å². The van der Waals surface area contributed by atoms with Crippen molar-refractivity contribution in [3.05, 3.63) is 62.3 Å². The zero-order valence-corrected chi connectivity index (χ0v) is 13.3. The molecular weight excluding hydrogens is 393 g/mol. The second-order valence-electron chi connectivity index (χ2n) is 4.07. The Morgan fingerprint density at radius 1 is 1.15 bits per heavy atom. The number of hydrogen-bond donors (Lipinski definition) is 2. The van der Waals surface area contributed by atoms with Crippen LogP contribution in [0.4, 0.5) is 10.1 Å². The van der Waals surface area contributed by atoms with Gasteiger partial charge in [0.1, 0.15) is 0 Å². The molecule has 20 heavy (non-hydrogen) atoms. The summed E-state index contributed by atoms with van der Waals surface area (Å²) in [6.45, 7) is 0.447. The monoisotopic (exact) mass is 401 g/mol. The van der Waals surface area contributed by atoms with Gasteiger partial charge in [0.15, 0.2) is 5.82 Å². The molecule has 0 aliphatic carbocycles. The number of carbonyl (C=O) groups is 1. The minimum Gasteiger partial charge on any atom is -0.478 e. The zero-order valence-electron chi connectivity index (χ0n) is 10.2. The van der Waals surface area contributed by atoms with Crippen LogP contribution < -0.4 is 5.32 Å². The van der Waals surface area contributed by atoms with Crippen molar-refractivity contribution in [3.8, 4) is 0 Å². The highest BCUT2D eigenvalue weighted by Crippen LogP contribution is 2.27. The van der Waals surface area contributed by atoms with E-state index in [2.05, 4.69) is 37.2 Å².